The smallest absolute Gasteiger partial charge is 0.225 e. The Morgan fingerprint density at radius 1 is 1.17 bits per heavy atom. The van der Waals surface area contributed by atoms with Crippen LogP contribution in [0, 0.1) is 5.41 Å². The van der Waals surface area contributed by atoms with Gasteiger partial charge in [-0.3, -0.25) is 9.59 Å². The Morgan fingerprint density at radius 2 is 1.78 bits per heavy atom. The van der Waals surface area contributed by atoms with Gasteiger partial charge < -0.3 is 15.7 Å². The fourth-order valence-corrected chi connectivity index (χ4v) is 1.27. The second-order valence-corrected chi connectivity index (χ2v) is 5.60. The molecule has 0 radical (unpaired) electrons. The Hall–Kier alpha value is -1.10. The van der Waals surface area contributed by atoms with Crippen molar-refractivity contribution in [1.82, 2.24) is 10.6 Å². The fraction of sp³-hybridized carbons (Fsp3) is 0.846. The minimum absolute atomic E-state index is 0.0515. The maximum absolute atomic E-state index is 11.5. The van der Waals surface area contributed by atoms with E-state index in [9.17, 15) is 9.59 Å². The van der Waals surface area contributed by atoms with Gasteiger partial charge in [0, 0.05) is 24.9 Å². The van der Waals surface area contributed by atoms with Crippen LogP contribution in [-0.2, 0) is 9.59 Å². The molecule has 5 nitrogen and oxygen atoms in total. The Balaban J connectivity index is 3.57. The minimum Gasteiger partial charge on any atom is -0.393 e. The summed E-state index contributed by atoms with van der Waals surface area (Å²) in [7, 11) is 0. The van der Waals surface area contributed by atoms with Crippen molar-refractivity contribution in [2.75, 3.05) is 13.1 Å². The summed E-state index contributed by atoms with van der Waals surface area (Å²) in [6.07, 6.45) is 1.41. The molecule has 0 bridgehead atoms. The molecule has 0 heterocycles. The number of nitrogens with one attached hydrogen (secondary N) is 2. The van der Waals surface area contributed by atoms with Crippen LogP contribution in [0.1, 0.15) is 47.0 Å². The lowest BCUT2D eigenvalue weighted by Crippen LogP contribution is -2.37. The number of carbonyl (C=O) groups is 2. The number of rotatable bonds is 7. The lowest BCUT2D eigenvalue weighted by molar-refractivity contribution is -0.128. The largest absolute Gasteiger partial charge is 0.393 e. The van der Waals surface area contributed by atoms with Gasteiger partial charge in [-0.1, -0.05) is 20.8 Å². The molecule has 2 amide bonds. The first kappa shape index (κ1) is 16.9. The molecule has 1 unspecified atom stereocenters. The van der Waals surface area contributed by atoms with Gasteiger partial charge in [-0.05, 0) is 19.8 Å². The van der Waals surface area contributed by atoms with E-state index < -0.39 is 5.41 Å². The first-order chi connectivity index (χ1) is 8.23. The Morgan fingerprint density at radius 3 is 2.28 bits per heavy atom. The molecule has 0 aliphatic rings. The van der Waals surface area contributed by atoms with Gasteiger partial charge in [-0.25, -0.2) is 0 Å². The molecule has 106 valence electrons. The molecule has 3 N–H and O–H groups in total. The summed E-state index contributed by atoms with van der Waals surface area (Å²) in [5.74, 6) is -0.126. The predicted molar refractivity (Wildman–Crippen MR) is 71.0 cm³/mol. The van der Waals surface area contributed by atoms with Gasteiger partial charge >= 0.3 is 0 Å². The normalized spacial score (nSPS) is 12.9. The molecule has 0 saturated heterocycles. The van der Waals surface area contributed by atoms with E-state index in [-0.39, 0.29) is 24.3 Å². The number of hydrogen-bond acceptors (Lipinski definition) is 3. The molecule has 0 aromatic heterocycles. The summed E-state index contributed by atoms with van der Waals surface area (Å²) in [6, 6.07) is 0. The number of carbonyl (C=O) groups excluding carboxylic acids is 2. The summed E-state index contributed by atoms with van der Waals surface area (Å²) in [5.41, 5.74) is -0.423. The van der Waals surface area contributed by atoms with E-state index in [1.807, 2.05) is 20.8 Å². The zero-order valence-corrected chi connectivity index (χ0v) is 11.9. The molecular formula is C13H26N2O3. The highest BCUT2D eigenvalue weighted by molar-refractivity contribution is 5.82. The first-order valence-electron chi connectivity index (χ1n) is 6.46. The zero-order chi connectivity index (χ0) is 14.2. The third-order valence-electron chi connectivity index (χ3n) is 2.44. The van der Waals surface area contributed by atoms with Crippen molar-refractivity contribution in [3.05, 3.63) is 0 Å². The van der Waals surface area contributed by atoms with Gasteiger partial charge in [0.05, 0.1) is 6.10 Å². The van der Waals surface area contributed by atoms with Crippen LogP contribution in [0.2, 0.25) is 0 Å². The van der Waals surface area contributed by atoms with Crippen molar-refractivity contribution in [1.29, 1.82) is 0 Å². The van der Waals surface area contributed by atoms with Crippen molar-refractivity contribution >= 4 is 11.8 Å². The SMILES string of the molecule is CC(O)CCCNC(=O)CCNC(=O)C(C)(C)C. The van der Waals surface area contributed by atoms with Crippen molar-refractivity contribution in [3.8, 4) is 0 Å². The molecule has 0 aliphatic carbocycles. The van der Waals surface area contributed by atoms with Crippen molar-refractivity contribution in [2.24, 2.45) is 5.41 Å². The van der Waals surface area contributed by atoms with E-state index in [1.165, 1.54) is 0 Å². The predicted octanol–water partition coefficient (Wildman–Crippen LogP) is 0.816. The minimum atomic E-state index is -0.423. The molecule has 0 fully saturated rings. The van der Waals surface area contributed by atoms with Crippen LogP contribution in [0.5, 0.6) is 0 Å². The average molecular weight is 258 g/mol. The van der Waals surface area contributed by atoms with Gasteiger partial charge in [-0.2, -0.15) is 0 Å². The van der Waals surface area contributed by atoms with E-state index in [2.05, 4.69) is 10.6 Å². The van der Waals surface area contributed by atoms with E-state index >= 15 is 0 Å². The average Bonchev–Trinajstić information content (AvgIpc) is 2.22. The summed E-state index contributed by atoms with van der Waals surface area (Å²) in [4.78, 5) is 22.9. The second kappa shape index (κ2) is 8.08. The highest BCUT2D eigenvalue weighted by Crippen LogP contribution is 2.11. The molecule has 18 heavy (non-hydrogen) atoms. The number of aliphatic hydroxyl groups is 1. The molecule has 0 aromatic carbocycles. The van der Waals surface area contributed by atoms with E-state index in [0.717, 1.165) is 6.42 Å². The first-order valence-corrected chi connectivity index (χ1v) is 6.46. The summed E-state index contributed by atoms with van der Waals surface area (Å²) in [5, 5.41) is 14.5. The molecule has 0 saturated carbocycles. The van der Waals surface area contributed by atoms with Crippen LogP contribution in [0.25, 0.3) is 0 Å². The maximum atomic E-state index is 11.5. The zero-order valence-electron chi connectivity index (χ0n) is 11.9. The van der Waals surface area contributed by atoms with Crippen LogP contribution < -0.4 is 10.6 Å². The third-order valence-corrected chi connectivity index (χ3v) is 2.44. The van der Waals surface area contributed by atoms with Gasteiger partial charge in [0.15, 0.2) is 0 Å². The van der Waals surface area contributed by atoms with Crippen molar-refractivity contribution in [2.45, 2.75) is 53.1 Å². The van der Waals surface area contributed by atoms with Crippen LogP contribution in [-0.4, -0.2) is 36.1 Å². The summed E-state index contributed by atoms with van der Waals surface area (Å²) >= 11 is 0. The van der Waals surface area contributed by atoms with Crippen LogP contribution >= 0.6 is 0 Å². The summed E-state index contributed by atoms with van der Waals surface area (Å²) in [6.45, 7) is 8.15. The quantitative estimate of drug-likeness (QED) is 0.591. The Labute approximate surface area is 109 Å². The monoisotopic (exact) mass is 258 g/mol. The molecule has 0 aromatic rings. The van der Waals surface area contributed by atoms with Gasteiger partial charge in [0.2, 0.25) is 11.8 Å². The topological polar surface area (TPSA) is 78.4 Å². The van der Waals surface area contributed by atoms with Gasteiger partial charge in [0.25, 0.3) is 0 Å². The highest BCUT2D eigenvalue weighted by Gasteiger charge is 2.20. The van der Waals surface area contributed by atoms with Gasteiger partial charge in [0.1, 0.15) is 0 Å². The number of amides is 2. The lowest BCUT2D eigenvalue weighted by atomic mass is 9.96. The maximum Gasteiger partial charge on any atom is 0.225 e. The van der Waals surface area contributed by atoms with Crippen LogP contribution in [0.15, 0.2) is 0 Å². The lowest BCUT2D eigenvalue weighted by Gasteiger charge is -2.17. The molecule has 0 spiro atoms. The second-order valence-electron chi connectivity index (χ2n) is 5.60. The molecule has 5 heteroatoms. The van der Waals surface area contributed by atoms with Crippen molar-refractivity contribution < 1.29 is 14.7 Å². The molecule has 0 rings (SSSR count). The van der Waals surface area contributed by atoms with Crippen LogP contribution in [0.4, 0.5) is 0 Å². The Bertz CT molecular complexity index is 270. The molecular weight excluding hydrogens is 232 g/mol. The third kappa shape index (κ3) is 8.98. The Kier molecular flexibility index (Phi) is 7.59. The molecule has 0 aliphatic heterocycles. The van der Waals surface area contributed by atoms with E-state index in [0.29, 0.717) is 19.5 Å². The van der Waals surface area contributed by atoms with Crippen LogP contribution in [0.3, 0.4) is 0 Å². The molecule has 1 atom stereocenters. The van der Waals surface area contributed by atoms with Crippen molar-refractivity contribution in [3.63, 3.8) is 0 Å². The fourth-order valence-electron chi connectivity index (χ4n) is 1.27. The standard InChI is InChI=1S/C13H26N2O3/c1-10(16)6-5-8-14-11(17)7-9-15-12(18)13(2,3)4/h10,16H,5-9H2,1-4H3,(H,14,17)(H,15,18). The number of aliphatic hydroxyl groups excluding tert-OH is 1. The number of hydrogen-bond donors (Lipinski definition) is 3. The van der Waals surface area contributed by atoms with E-state index in [4.69, 9.17) is 5.11 Å². The highest BCUT2D eigenvalue weighted by atomic mass is 16.3. The van der Waals surface area contributed by atoms with E-state index in [1.54, 1.807) is 6.92 Å². The summed E-state index contributed by atoms with van der Waals surface area (Å²) < 4.78 is 0. The van der Waals surface area contributed by atoms with Gasteiger partial charge in [-0.15, -0.1) is 0 Å².